The molecule has 162 valence electrons. The van der Waals surface area contributed by atoms with Gasteiger partial charge in [-0.3, -0.25) is 9.59 Å². The van der Waals surface area contributed by atoms with Gasteiger partial charge in [0.05, 0.1) is 10.7 Å². The number of carbonyl (C=O) groups is 2. The van der Waals surface area contributed by atoms with E-state index < -0.39 is 15.9 Å². The Hall–Kier alpha value is -2.07. The van der Waals surface area contributed by atoms with Crippen LogP contribution in [0.5, 0.6) is 0 Å². The third-order valence-electron chi connectivity index (χ3n) is 4.21. The van der Waals surface area contributed by atoms with Gasteiger partial charge in [0.1, 0.15) is 4.90 Å². The maximum Gasteiger partial charge on any atom is 0.286 e. The highest BCUT2D eigenvalue weighted by molar-refractivity contribution is 8.13. The van der Waals surface area contributed by atoms with Crippen LogP contribution < -0.4 is 5.32 Å². The van der Waals surface area contributed by atoms with E-state index in [2.05, 4.69) is 5.32 Å². The van der Waals surface area contributed by atoms with Crippen LogP contribution in [0.2, 0.25) is 5.02 Å². The molecule has 2 rings (SSSR count). The Bertz CT molecular complexity index is 1040. The number of hydrogen-bond donors (Lipinski definition) is 1. The van der Waals surface area contributed by atoms with E-state index in [1.807, 2.05) is 0 Å². The summed E-state index contributed by atoms with van der Waals surface area (Å²) in [5, 5.41) is 2.61. The number of para-hydroxylation sites is 1. The van der Waals surface area contributed by atoms with Crippen molar-refractivity contribution in [3.8, 4) is 0 Å². The Kier molecular flexibility index (Phi) is 8.31. The van der Waals surface area contributed by atoms with Gasteiger partial charge in [0, 0.05) is 37.6 Å². The van der Waals surface area contributed by atoms with Crippen molar-refractivity contribution >= 4 is 50.2 Å². The lowest BCUT2D eigenvalue weighted by Crippen LogP contribution is -2.31. The highest BCUT2D eigenvalue weighted by Gasteiger charge is 2.25. The zero-order valence-electron chi connectivity index (χ0n) is 17.2. The van der Waals surface area contributed by atoms with Crippen LogP contribution in [0.15, 0.2) is 52.3 Å². The number of carbonyl (C=O) groups excluding carboxylic acids is 2. The average molecular weight is 470 g/mol. The topological polar surface area (TPSA) is 86.8 Å². The van der Waals surface area contributed by atoms with E-state index >= 15 is 0 Å². The lowest BCUT2D eigenvalue weighted by molar-refractivity contribution is 0.102. The Morgan fingerprint density at radius 1 is 1.07 bits per heavy atom. The predicted octanol–water partition coefficient (Wildman–Crippen LogP) is 4.40. The summed E-state index contributed by atoms with van der Waals surface area (Å²) in [6.07, 6.45) is 0. The van der Waals surface area contributed by atoms with Gasteiger partial charge in [-0.2, -0.15) is 4.31 Å². The van der Waals surface area contributed by atoms with Crippen LogP contribution >= 0.6 is 23.4 Å². The largest absolute Gasteiger partial charge is 0.339 e. The number of thioether (sulfide) groups is 1. The second kappa shape index (κ2) is 10.3. The Morgan fingerprint density at radius 2 is 1.70 bits per heavy atom. The number of nitrogens with zero attached hydrogens (tertiary/aromatic N) is 2. The number of amides is 2. The maximum atomic E-state index is 12.9. The molecule has 0 radical (unpaired) electrons. The molecule has 0 aromatic heterocycles. The number of sulfonamides is 1. The summed E-state index contributed by atoms with van der Waals surface area (Å²) in [6, 6.07) is 11.0. The Morgan fingerprint density at radius 3 is 2.30 bits per heavy atom. The predicted molar refractivity (Wildman–Crippen MR) is 121 cm³/mol. The molecule has 1 N–H and O–H groups in total. The van der Waals surface area contributed by atoms with Crippen molar-refractivity contribution in [2.45, 2.75) is 23.6 Å². The Balaban J connectivity index is 2.35. The number of rotatable bonds is 7. The van der Waals surface area contributed by atoms with Crippen molar-refractivity contribution in [2.75, 3.05) is 32.5 Å². The van der Waals surface area contributed by atoms with E-state index in [0.29, 0.717) is 10.6 Å². The minimum Gasteiger partial charge on any atom is -0.339 e. The van der Waals surface area contributed by atoms with Gasteiger partial charge < -0.3 is 10.2 Å². The first-order valence-electron chi connectivity index (χ1n) is 9.21. The third-order valence-corrected chi connectivity index (χ3v) is 7.86. The zero-order chi connectivity index (χ0) is 22.5. The quantitative estimate of drug-likeness (QED) is 0.607. The van der Waals surface area contributed by atoms with E-state index in [1.165, 1.54) is 27.4 Å². The van der Waals surface area contributed by atoms with Gasteiger partial charge >= 0.3 is 0 Å². The number of benzene rings is 2. The summed E-state index contributed by atoms with van der Waals surface area (Å²) in [5.74, 6) is -0.506. The molecule has 0 saturated carbocycles. The van der Waals surface area contributed by atoms with Gasteiger partial charge in [-0.05, 0) is 42.1 Å². The third kappa shape index (κ3) is 5.54. The molecule has 2 aromatic carbocycles. The maximum absolute atomic E-state index is 12.9. The lowest BCUT2D eigenvalue weighted by atomic mass is 10.2. The van der Waals surface area contributed by atoms with Crippen molar-refractivity contribution in [1.82, 2.24) is 9.21 Å². The van der Waals surface area contributed by atoms with Crippen LogP contribution in [0.3, 0.4) is 0 Å². The molecule has 0 atom stereocenters. The molecule has 10 heteroatoms. The van der Waals surface area contributed by atoms with Crippen LogP contribution in [0, 0.1) is 0 Å². The fraction of sp³-hybridized carbons (Fsp3) is 0.300. The molecule has 2 amide bonds. The fourth-order valence-corrected chi connectivity index (χ4v) is 5.29. The van der Waals surface area contributed by atoms with Gasteiger partial charge in [0.15, 0.2) is 0 Å². The summed E-state index contributed by atoms with van der Waals surface area (Å²) in [7, 11) is -0.545. The Labute approximate surface area is 186 Å². The van der Waals surface area contributed by atoms with E-state index in [1.54, 1.807) is 52.2 Å². The molecule has 0 aliphatic carbocycles. The summed E-state index contributed by atoms with van der Waals surface area (Å²) < 4.78 is 27.0. The summed E-state index contributed by atoms with van der Waals surface area (Å²) in [6.45, 7) is 4.04. The molecule has 2 aromatic rings. The van der Waals surface area contributed by atoms with E-state index in [0.717, 1.165) is 11.8 Å². The standard InChI is InChI=1S/C20H24ClN3O4S2/c1-5-24(6-2)30(27,28)18-13-14(11-12-15(18)21)19(25)22-16-9-7-8-10-17(16)29-20(26)23(3)4/h7-13H,5-6H2,1-4H3,(H,22,25). The molecular formula is C20H24ClN3O4S2. The van der Waals surface area contributed by atoms with E-state index in [4.69, 9.17) is 11.6 Å². The molecule has 0 heterocycles. The fourth-order valence-electron chi connectivity index (χ4n) is 2.58. The minimum absolute atomic E-state index is 0.0472. The smallest absolute Gasteiger partial charge is 0.286 e. The van der Waals surface area contributed by atoms with Crippen LogP contribution in [0.25, 0.3) is 0 Å². The van der Waals surface area contributed by atoms with Crippen LogP contribution in [-0.4, -0.2) is 56.0 Å². The van der Waals surface area contributed by atoms with E-state index in [-0.39, 0.29) is 33.8 Å². The molecule has 0 aliphatic heterocycles. The normalized spacial score (nSPS) is 11.4. The molecule has 0 aliphatic rings. The number of anilines is 1. The summed E-state index contributed by atoms with van der Waals surface area (Å²) >= 11 is 7.12. The van der Waals surface area contributed by atoms with Crippen molar-refractivity contribution in [3.05, 3.63) is 53.1 Å². The monoisotopic (exact) mass is 469 g/mol. The van der Waals surface area contributed by atoms with Gasteiger partial charge in [-0.15, -0.1) is 0 Å². The SMILES string of the molecule is CCN(CC)S(=O)(=O)c1cc(C(=O)Nc2ccccc2SC(=O)N(C)C)ccc1Cl. The average Bonchev–Trinajstić information content (AvgIpc) is 2.70. The molecule has 0 fully saturated rings. The zero-order valence-corrected chi connectivity index (χ0v) is 19.6. The lowest BCUT2D eigenvalue weighted by Gasteiger charge is -2.19. The molecule has 7 nitrogen and oxygen atoms in total. The number of nitrogens with one attached hydrogen (secondary N) is 1. The van der Waals surface area contributed by atoms with Crippen molar-refractivity contribution in [1.29, 1.82) is 0 Å². The second-order valence-electron chi connectivity index (χ2n) is 6.45. The van der Waals surface area contributed by atoms with Gasteiger partial charge in [0.2, 0.25) is 10.0 Å². The molecule has 0 saturated heterocycles. The van der Waals surface area contributed by atoms with Crippen LogP contribution in [0.4, 0.5) is 10.5 Å². The summed E-state index contributed by atoms with van der Waals surface area (Å²) in [4.78, 5) is 26.7. The first-order valence-corrected chi connectivity index (χ1v) is 11.8. The summed E-state index contributed by atoms with van der Waals surface area (Å²) in [5.41, 5.74) is 0.592. The first kappa shape index (κ1) is 24.2. The molecule has 30 heavy (non-hydrogen) atoms. The minimum atomic E-state index is -3.83. The highest BCUT2D eigenvalue weighted by atomic mass is 35.5. The van der Waals surface area contributed by atoms with Crippen molar-refractivity contribution in [3.63, 3.8) is 0 Å². The van der Waals surface area contributed by atoms with Crippen LogP contribution in [0.1, 0.15) is 24.2 Å². The van der Waals surface area contributed by atoms with Gasteiger partial charge in [0.25, 0.3) is 11.1 Å². The molecule has 0 spiro atoms. The highest BCUT2D eigenvalue weighted by Crippen LogP contribution is 2.30. The van der Waals surface area contributed by atoms with Gasteiger partial charge in [-0.1, -0.05) is 37.6 Å². The molecule has 0 unspecified atom stereocenters. The van der Waals surface area contributed by atoms with Crippen molar-refractivity contribution in [2.24, 2.45) is 0 Å². The first-order chi connectivity index (χ1) is 14.1. The second-order valence-corrected chi connectivity index (χ2v) is 9.75. The number of hydrogen-bond acceptors (Lipinski definition) is 5. The molecule has 0 bridgehead atoms. The number of halogens is 1. The molecular weight excluding hydrogens is 446 g/mol. The van der Waals surface area contributed by atoms with Gasteiger partial charge in [-0.25, -0.2) is 8.42 Å². The van der Waals surface area contributed by atoms with E-state index in [9.17, 15) is 18.0 Å². The van der Waals surface area contributed by atoms with Crippen molar-refractivity contribution < 1.29 is 18.0 Å². The van der Waals surface area contributed by atoms with Crippen LogP contribution in [-0.2, 0) is 10.0 Å².